The highest BCUT2D eigenvalue weighted by Gasteiger charge is 2.23. The normalized spacial score (nSPS) is 17.6. The summed E-state index contributed by atoms with van der Waals surface area (Å²) >= 11 is 0. The van der Waals surface area contributed by atoms with E-state index in [-0.39, 0.29) is 17.4 Å². The third-order valence-corrected chi connectivity index (χ3v) is 6.42. The number of carbonyl (C=O) groups excluding carboxylic acids is 1. The Labute approximate surface area is 204 Å². The van der Waals surface area contributed by atoms with E-state index in [2.05, 4.69) is 16.0 Å². The Morgan fingerprint density at radius 1 is 1.09 bits per heavy atom. The lowest BCUT2D eigenvalue weighted by Crippen LogP contribution is -2.36. The highest BCUT2D eigenvalue weighted by atomic mass is 16.6. The molecule has 1 fully saturated rings. The number of aryl methyl sites for hydroxylation is 1. The zero-order valence-electron chi connectivity index (χ0n) is 20.2. The molecule has 3 aromatic rings. The van der Waals surface area contributed by atoms with Crippen LogP contribution in [0.25, 0.3) is 10.9 Å². The summed E-state index contributed by atoms with van der Waals surface area (Å²) in [6, 6.07) is 12.6. The Morgan fingerprint density at radius 3 is 2.54 bits per heavy atom. The fourth-order valence-corrected chi connectivity index (χ4v) is 4.52. The molecule has 1 aliphatic carbocycles. The maximum absolute atomic E-state index is 12.4. The topological polar surface area (TPSA) is 125 Å². The van der Waals surface area contributed by atoms with Gasteiger partial charge in [0.25, 0.3) is 5.69 Å². The van der Waals surface area contributed by atoms with Crippen molar-refractivity contribution >= 4 is 40.1 Å². The van der Waals surface area contributed by atoms with Crippen LogP contribution in [-0.2, 0) is 0 Å². The molecule has 2 aromatic carbocycles. The van der Waals surface area contributed by atoms with Gasteiger partial charge in [0.1, 0.15) is 11.5 Å². The number of nitro groups is 1. The van der Waals surface area contributed by atoms with Crippen molar-refractivity contribution in [1.29, 1.82) is 0 Å². The molecule has 4 rings (SSSR count). The van der Waals surface area contributed by atoms with Crippen molar-refractivity contribution in [2.75, 3.05) is 36.2 Å². The van der Waals surface area contributed by atoms with Gasteiger partial charge in [-0.2, -0.15) is 4.98 Å². The first kappa shape index (κ1) is 24.2. The molecular formula is C25H31N7O3. The van der Waals surface area contributed by atoms with Gasteiger partial charge in [-0.15, -0.1) is 0 Å². The second-order valence-corrected chi connectivity index (χ2v) is 9.21. The summed E-state index contributed by atoms with van der Waals surface area (Å²) in [5.74, 6) is 1.87. The molecule has 0 unspecified atom stereocenters. The van der Waals surface area contributed by atoms with Crippen LogP contribution in [0.15, 0.2) is 42.5 Å². The number of aromatic nitrogens is 2. The molecule has 0 atom stereocenters. The first-order chi connectivity index (χ1) is 16.8. The molecule has 184 valence electrons. The van der Waals surface area contributed by atoms with Crippen LogP contribution in [-0.4, -0.2) is 47.6 Å². The summed E-state index contributed by atoms with van der Waals surface area (Å²) in [6.45, 7) is 2.26. The lowest BCUT2D eigenvalue weighted by molar-refractivity contribution is -0.383. The minimum absolute atomic E-state index is 0.111. The van der Waals surface area contributed by atoms with E-state index in [1.165, 1.54) is 6.07 Å². The second-order valence-electron chi connectivity index (χ2n) is 9.21. The molecule has 0 bridgehead atoms. The molecule has 3 N–H and O–H groups in total. The molecule has 0 saturated heterocycles. The van der Waals surface area contributed by atoms with Crippen molar-refractivity contribution in [3.8, 4) is 0 Å². The number of fused-ring (bicyclic) bond motifs is 1. The van der Waals surface area contributed by atoms with Crippen LogP contribution in [0.5, 0.6) is 0 Å². The molecule has 1 aliphatic rings. The quantitative estimate of drug-likeness (QED) is 0.332. The van der Waals surface area contributed by atoms with Gasteiger partial charge in [-0.1, -0.05) is 24.3 Å². The predicted molar refractivity (Wildman–Crippen MR) is 138 cm³/mol. The number of anilines is 3. The summed E-state index contributed by atoms with van der Waals surface area (Å²) in [4.78, 5) is 34.6. The van der Waals surface area contributed by atoms with Crippen molar-refractivity contribution in [3.63, 3.8) is 0 Å². The minimum Gasteiger partial charge on any atom is -0.362 e. The van der Waals surface area contributed by atoms with E-state index in [4.69, 9.17) is 9.97 Å². The number of hydrogen-bond donors (Lipinski definition) is 3. The molecular weight excluding hydrogens is 446 g/mol. The van der Waals surface area contributed by atoms with Crippen LogP contribution < -0.4 is 20.9 Å². The van der Waals surface area contributed by atoms with E-state index < -0.39 is 11.0 Å². The third kappa shape index (κ3) is 5.76. The standard InChI is InChI=1S/C25H31N7O3/c1-16-7-6-10-21(32(34)35)22(16)29-25(33)26-15-17-11-13-18(14-12-17)27-24-28-20-9-5-4-8-19(20)23(30-24)31(2)3/h4-10,17-18H,11-15H2,1-3H3,(H2,26,29,33)(H,27,28,30). The lowest BCUT2D eigenvalue weighted by atomic mass is 9.86. The van der Waals surface area contributed by atoms with Crippen molar-refractivity contribution in [2.24, 2.45) is 5.92 Å². The first-order valence-electron chi connectivity index (χ1n) is 11.8. The molecule has 0 spiro atoms. The number of rotatable bonds is 7. The zero-order chi connectivity index (χ0) is 24.9. The lowest BCUT2D eigenvalue weighted by Gasteiger charge is -2.29. The van der Waals surface area contributed by atoms with Gasteiger partial charge < -0.3 is 20.9 Å². The molecule has 35 heavy (non-hydrogen) atoms. The van der Waals surface area contributed by atoms with Crippen molar-refractivity contribution < 1.29 is 9.72 Å². The van der Waals surface area contributed by atoms with Crippen LogP contribution in [0, 0.1) is 23.0 Å². The van der Waals surface area contributed by atoms with Crippen molar-refractivity contribution in [1.82, 2.24) is 15.3 Å². The fourth-order valence-electron chi connectivity index (χ4n) is 4.52. The minimum atomic E-state index is -0.488. The van der Waals surface area contributed by atoms with Crippen LogP contribution in [0.2, 0.25) is 0 Å². The number of carbonyl (C=O) groups is 1. The smallest absolute Gasteiger partial charge is 0.319 e. The third-order valence-electron chi connectivity index (χ3n) is 6.42. The van der Waals surface area contributed by atoms with Gasteiger partial charge in [-0.25, -0.2) is 9.78 Å². The molecule has 10 heteroatoms. The van der Waals surface area contributed by atoms with Crippen LogP contribution in [0.4, 0.5) is 27.9 Å². The Balaban J connectivity index is 1.29. The van der Waals surface area contributed by atoms with Crippen LogP contribution >= 0.6 is 0 Å². The number of hydrogen-bond acceptors (Lipinski definition) is 7. The van der Waals surface area contributed by atoms with Gasteiger partial charge in [0.05, 0.1) is 10.4 Å². The zero-order valence-corrected chi connectivity index (χ0v) is 20.2. The van der Waals surface area contributed by atoms with E-state index >= 15 is 0 Å². The van der Waals surface area contributed by atoms with Crippen LogP contribution in [0.1, 0.15) is 31.2 Å². The number of urea groups is 1. The van der Waals surface area contributed by atoms with Gasteiger partial charge in [0.15, 0.2) is 0 Å². The van der Waals surface area contributed by atoms with E-state index in [1.54, 1.807) is 19.1 Å². The van der Waals surface area contributed by atoms with E-state index in [1.807, 2.05) is 43.3 Å². The highest BCUT2D eigenvalue weighted by Crippen LogP contribution is 2.29. The van der Waals surface area contributed by atoms with Crippen molar-refractivity contribution in [2.45, 2.75) is 38.6 Å². The van der Waals surface area contributed by atoms with Crippen molar-refractivity contribution in [3.05, 3.63) is 58.1 Å². The van der Waals surface area contributed by atoms with Crippen LogP contribution in [0.3, 0.4) is 0 Å². The number of nitrogens with one attached hydrogen (secondary N) is 3. The molecule has 0 aliphatic heterocycles. The molecule has 10 nitrogen and oxygen atoms in total. The maximum Gasteiger partial charge on any atom is 0.319 e. The summed E-state index contributed by atoms with van der Waals surface area (Å²) in [5.41, 5.74) is 1.68. The summed E-state index contributed by atoms with van der Waals surface area (Å²) in [7, 11) is 3.95. The second kappa shape index (κ2) is 10.5. The Morgan fingerprint density at radius 2 is 1.83 bits per heavy atom. The number of benzene rings is 2. The highest BCUT2D eigenvalue weighted by molar-refractivity contribution is 5.93. The Hall–Kier alpha value is -3.95. The Bertz CT molecular complexity index is 1220. The average molecular weight is 478 g/mol. The Kier molecular flexibility index (Phi) is 7.28. The molecule has 0 radical (unpaired) electrons. The van der Waals surface area contributed by atoms with Gasteiger partial charge >= 0.3 is 6.03 Å². The maximum atomic E-state index is 12.4. The van der Waals surface area contributed by atoms with Gasteiger partial charge in [0, 0.05) is 38.1 Å². The summed E-state index contributed by atoms with van der Waals surface area (Å²) < 4.78 is 0. The van der Waals surface area contributed by atoms with Gasteiger partial charge in [-0.3, -0.25) is 10.1 Å². The largest absolute Gasteiger partial charge is 0.362 e. The summed E-state index contributed by atoms with van der Waals surface area (Å²) in [6.07, 6.45) is 3.81. The average Bonchev–Trinajstić information content (AvgIpc) is 2.84. The SMILES string of the molecule is Cc1cccc([N+](=O)[O-])c1NC(=O)NCC1CCC(Nc2nc(N(C)C)c3ccccc3n2)CC1. The number of nitrogens with zero attached hydrogens (tertiary/aromatic N) is 4. The monoisotopic (exact) mass is 477 g/mol. The van der Waals surface area contributed by atoms with E-state index in [0.717, 1.165) is 42.4 Å². The molecule has 1 saturated carbocycles. The fraction of sp³-hybridized carbons (Fsp3) is 0.400. The predicted octanol–water partition coefficient (Wildman–Crippen LogP) is 4.70. The first-order valence-corrected chi connectivity index (χ1v) is 11.8. The number of amides is 2. The van der Waals surface area contributed by atoms with Gasteiger partial charge in [0.2, 0.25) is 5.95 Å². The number of nitro benzene ring substituents is 1. The molecule has 1 aromatic heterocycles. The number of para-hydroxylation sites is 2. The van der Waals surface area contributed by atoms with E-state index in [0.29, 0.717) is 24.0 Å². The molecule has 1 heterocycles. The van der Waals surface area contributed by atoms with Gasteiger partial charge in [-0.05, 0) is 56.2 Å². The summed E-state index contributed by atoms with van der Waals surface area (Å²) in [5, 5.41) is 21.3. The van der Waals surface area contributed by atoms with E-state index in [9.17, 15) is 14.9 Å². The molecule has 2 amide bonds.